The zero-order valence-corrected chi connectivity index (χ0v) is 11.8. The van der Waals surface area contributed by atoms with Gasteiger partial charge >= 0.3 is 10.8 Å². The van der Waals surface area contributed by atoms with E-state index in [1.165, 1.54) is 6.92 Å². The Labute approximate surface area is 117 Å². The van der Waals surface area contributed by atoms with E-state index in [0.29, 0.717) is 10.1 Å². The van der Waals surface area contributed by atoms with E-state index in [2.05, 4.69) is 4.74 Å². The number of aliphatic hydroxyl groups is 1. The first kappa shape index (κ1) is 14.4. The Morgan fingerprint density at radius 3 is 2.70 bits per heavy atom. The zero-order chi connectivity index (χ0) is 14.9. The van der Waals surface area contributed by atoms with Gasteiger partial charge in [0.25, 0.3) is 5.56 Å². The molecule has 0 spiro atoms. The first-order chi connectivity index (χ1) is 9.36. The molecule has 0 fully saturated rings. The molecular weight excluding hydrogens is 282 g/mol. The molecule has 0 aliphatic rings. The van der Waals surface area contributed by atoms with Gasteiger partial charge in [-0.25, -0.2) is 4.79 Å². The number of nitrogens with zero attached hydrogens (tertiary/aromatic N) is 1. The van der Waals surface area contributed by atoms with E-state index in [1.54, 1.807) is 24.3 Å². The maximum Gasteiger partial charge on any atom is 0.339 e. The van der Waals surface area contributed by atoms with Crippen molar-refractivity contribution >= 4 is 27.4 Å². The van der Waals surface area contributed by atoms with Gasteiger partial charge in [0, 0.05) is 4.70 Å². The molecule has 1 aromatic carbocycles. The van der Waals surface area contributed by atoms with Crippen molar-refractivity contribution in [1.29, 1.82) is 0 Å². The maximum absolute atomic E-state index is 12.2. The molecule has 20 heavy (non-hydrogen) atoms. The lowest BCUT2D eigenvalue weighted by Gasteiger charge is -2.20. The summed E-state index contributed by atoms with van der Waals surface area (Å²) in [7, 11) is 1.13. The predicted octanol–water partition coefficient (Wildman–Crippen LogP) is 0.347. The molecule has 1 aromatic heterocycles. The normalized spacial score (nSPS) is 13.9. The fraction of sp³-hybridized carbons (Fsp3) is 0.308. The maximum atomic E-state index is 12.2. The molecular formula is C13H13NO5S. The molecule has 1 heterocycles. The number of carbonyl (C=O) groups is 1. The van der Waals surface area contributed by atoms with Gasteiger partial charge in [-0.2, -0.15) is 0 Å². The van der Waals surface area contributed by atoms with Gasteiger partial charge in [0.1, 0.15) is 0 Å². The third kappa shape index (κ3) is 2.50. The van der Waals surface area contributed by atoms with Gasteiger partial charge in [-0.1, -0.05) is 23.5 Å². The van der Waals surface area contributed by atoms with E-state index < -0.39 is 28.5 Å². The van der Waals surface area contributed by atoms with Crippen molar-refractivity contribution in [3.05, 3.63) is 44.3 Å². The van der Waals surface area contributed by atoms with Crippen LogP contribution in [0.25, 0.3) is 10.1 Å². The minimum Gasteiger partial charge on any atom is -0.467 e. The largest absolute Gasteiger partial charge is 0.467 e. The molecule has 0 bridgehead atoms. The van der Waals surface area contributed by atoms with Crippen LogP contribution in [-0.4, -0.2) is 28.4 Å². The van der Waals surface area contributed by atoms with E-state index in [-0.39, 0.29) is 0 Å². The third-order valence-electron chi connectivity index (χ3n) is 2.87. The first-order valence-electron chi connectivity index (χ1n) is 5.80. The van der Waals surface area contributed by atoms with Crippen LogP contribution in [0.1, 0.15) is 6.92 Å². The fourth-order valence-corrected chi connectivity index (χ4v) is 2.70. The first-order valence-corrected chi connectivity index (χ1v) is 6.62. The summed E-state index contributed by atoms with van der Waals surface area (Å²) in [5.41, 5.74) is -2.47. The predicted molar refractivity (Wildman–Crippen MR) is 75.0 cm³/mol. The van der Waals surface area contributed by atoms with Crippen LogP contribution in [0.5, 0.6) is 0 Å². The zero-order valence-electron chi connectivity index (χ0n) is 11.0. The van der Waals surface area contributed by atoms with Crippen molar-refractivity contribution < 1.29 is 14.6 Å². The highest BCUT2D eigenvalue weighted by Crippen LogP contribution is 2.13. The molecule has 2 aromatic rings. The number of benzene rings is 1. The molecule has 106 valence electrons. The quantitative estimate of drug-likeness (QED) is 0.826. The van der Waals surface area contributed by atoms with Gasteiger partial charge < -0.3 is 9.84 Å². The van der Waals surface area contributed by atoms with E-state index in [0.717, 1.165) is 23.0 Å². The lowest BCUT2D eigenvalue weighted by Crippen LogP contribution is -2.46. The number of methoxy groups -OCH3 is 1. The Kier molecular flexibility index (Phi) is 3.74. The number of ether oxygens (including phenoxy) is 1. The molecule has 0 aliphatic carbocycles. The summed E-state index contributed by atoms with van der Waals surface area (Å²) in [6, 6.07) is 6.68. The van der Waals surface area contributed by atoms with Crippen LogP contribution in [0.2, 0.25) is 0 Å². The number of hydrogen-bond donors (Lipinski definition) is 1. The summed E-state index contributed by atoms with van der Waals surface area (Å²) in [6.07, 6.45) is 0. The molecule has 2 rings (SSSR count). The molecule has 7 heteroatoms. The van der Waals surface area contributed by atoms with Gasteiger partial charge in [-0.05, 0) is 19.1 Å². The number of fused-ring (bicyclic) bond motifs is 1. The van der Waals surface area contributed by atoms with Crippen molar-refractivity contribution in [2.75, 3.05) is 7.11 Å². The topological polar surface area (TPSA) is 85.6 Å². The second kappa shape index (κ2) is 5.18. The summed E-state index contributed by atoms with van der Waals surface area (Å²) >= 11 is 0.887. The van der Waals surface area contributed by atoms with E-state index >= 15 is 0 Å². The highest BCUT2D eigenvalue weighted by Gasteiger charge is 2.33. The number of esters is 1. The standard InChI is InChI=1S/C13H13NO5S/c1-13(18,11(16)19-2)7-14-10(15)8-5-3-4-6-9(8)20-12(14)17/h3-6,18H,7H2,1-2H3. The molecule has 0 radical (unpaired) electrons. The number of rotatable bonds is 3. The Balaban J connectivity index is 2.59. The summed E-state index contributed by atoms with van der Waals surface area (Å²) in [5, 5.41) is 10.4. The van der Waals surface area contributed by atoms with Crippen LogP contribution in [-0.2, 0) is 16.1 Å². The van der Waals surface area contributed by atoms with Crippen LogP contribution < -0.4 is 10.4 Å². The molecule has 0 saturated heterocycles. The molecule has 0 saturated carbocycles. The highest BCUT2D eigenvalue weighted by atomic mass is 32.1. The van der Waals surface area contributed by atoms with Crippen molar-refractivity contribution in [3.63, 3.8) is 0 Å². The van der Waals surface area contributed by atoms with Crippen molar-refractivity contribution in [2.45, 2.75) is 19.1 Å². The van der Waals surface area contributed by atoms with Crippen molar-refractivity contribution in [3.8, 4) is 0 Å². The molecule has 1 unspecified atom stereocenters. The van der Waals surface area contributed by atoms with Gasteiger partial charge in [0.05, 0.1) is 19.0 Å². The highest BCUT2D eigenvalue weighted by molar-refractivity contribution is 7.16. The van der Waals surface area contributed by atoms with Crippen LogP contribution >= 0.6 is 11.3 Å². The Bertz CT molecular complexity index is 774. The summed E-state index contributed by atoms with van der Waals surface area (Å²) in [4.78, 5) is 35.1. The van der Waals surface area contributed by atoms with Gasteiger partial charge in [-0.15, -0.1) is 0 Å². The van der Waals surface area contributed by atoms with Crippen molar-refractivity contribution in [2.24, 2.45) is 0 Å². The van der Waals surface area contributed by atoms with E-state index in [9.17, 15) is 19.5 Å². The SMILES string of the molecule is COC(=O)C(C)(O)Cn1c(=O)sc2ccccc2c1=O. The smallest absolute Gasteiger partial charge is 0.339 e. The lowest BCUT2D eigenvalue weighted by atomic mass is 10.1. The summed E-state index contributed by atoms with van der Waals surface area (Å²) in [5.74, 6) is -0.901. The third-order valence-corrected chi connectivity index (χ3v) is 3.84. The summed E-state index contributed by atoms with van der Waals surface area (Å²) in [6.45, 7) is 0.753. The molecule has 0 amide bonds. The van der Waals surface area contributed by atoms with Crippen LogP contribution in [0.4, 0.5) is 0 Å². The van der Waals surface area contributed by atoms with E-state index in [4.69, 9.17) is 0 Å². The lowest BCUT2D eigenvalue weighted by molar-refractivity contribution is -0.161. The van der Waals surface area contributed by atoms with Crippen LogP contribution in [0, 0.1) is 0 Å². The number of carbonyl (C=O) groups excluding carboxylic acids is 1. The van der Waals surface area contributed by atoms with E-state index in [1.807, 2.05) is 0 Å². The number of hydrogen-bond acceptors (Lipinski definition) is 6. The second-order valence-corrected chi connectivity index (χ2v) is 5.51. The minimum absolute atomic E-state index is 0.373. The van der Waals surface area contributed by atoms with Gasteiger partial charge in [0.15, 0.2) is 5.60 Å². The number of aromatic nitrogens is 1. The van der Waals surface area contributed by atoms with Crippen LogP contribution in [0.15, 0.2) is 33.9 Å². The molecule has 6 nitrogen and oxygen atoms in total. The van der Waals surface area contributed by atoms with Crippen molar-refractivity contribution in [1.82, 2.24) is 4.57 Å². The Morgan fingerprint density at radius 1 is 1.40 bits per heavy atom. The Morgan fingerprint density at radius 2 is 2.05 bits per heavy atom. The monoisotopic (exact) mass is 295 g/mol. The second-order valence-electron chi connectivity index (χ2n) is 4.52. The average Bonchev–Trinajstić information content (AvgIpc) is 2.42. The van der Waals surface area contributed by atoms with Gasteiger partial charge in [0.2, 0.25) is 0 Å². The molecule has 1 N–H and O–H groups in total. The fourth-order valence-electron chi connectivity index (χ4n) is 1.84. The molecule has 0 aliphatic heterocycles. The van der Waals surface area contributed by atoms with Crippen LogP contribution in [0.3, 0.4) is 0 Å². The molecule has 1 atom stereocenters. The minimum atomic E-state index is -1.94. The summed E-state index contributed by atoms with van der Waals surface area (Å²) < 4.78 is 5.87. The average molecular weight is 295 g/mol. The Hall–Kier alpha value is -1.99. The van der Waals surface area contributed by atoms with Gasteiger partial charge in [-0.3, -0.25) is 14.2 Å².